The molecular formula is C17H15N3O3S. The van der Waals surface area contributed by atoms with Crippen LogP contribution < -0.4 is 14.8 Å². The molecule has 3 heterocycles. The van der Waals surface area contributed by atoms with Crippen LogP contribution in [0.2, 0.25) is 0 Å². The maximum absolute atomic E-state index is 12.2. The Kier molecular flexibility index (Phi) is 4.00. The van der Waals surface area contributed by atoms with Gasteiger partial charge in [0, 0.05) is 18.0 Å². The summed E-state index contributed by atoms with van der Waals surface area (Å²) in [5.41, 5.74) is 1.70. The standard InChI is InChI=1S/C17H15N3O3S/c21-16(11-24-17-18-10-13-3-1-2-6-20(13)17)19-12-4-5-14-15(9-12)23-8-7-22-14/h1-6,9-10H,7-8,11H2,(H,19,21). The highest BCUT2D eigenvalue weighted by atomic mass is 32.2. The molecule has 2 aromatic heterocycles. The van der Waals surface area contributed by atoms with Crippen LogP contribution >= 0.6 is 11.8 Å². The SMILES string of the molecule is O=C(CSc1ncc2ccccn12)Nc1ccc2c(c1)OCCO2. The average Bonchev–Trinajstić information content (AvgIpc) is 3.03. The number of nitrogens with one attached hydrogen (secondary N) is 1. The maximum atomic E-state index is 12.2. The first-order valence-corrected chi connectivity index (χ1v) is 8.52. The van der Waals surface area contributed by atoms with Crippen molar-refractivity contribution in [2.45, 2.75) is 5.16 Å². The molecule has 1 aliphatic heterocycles. The van der Waals surface area contributed by atoms with Crippen LogP contribution in [0.3, 0.4) is 0 Å². The van der Waals surface area contributed by atoms with Gasteiger partial charge in [0.15, 0.2) is 16.7 Å². The lowest BCUT2D eigenvalue weighted by molar-refractivity contribution is -0.113. The molecule has 0 atom stereocenters. The predicted octanol–water partition coefficient (Wildman–Crippen LogP) is 2.84. The maximum Gasteiger partial charge on any atom is 0.234 e. The molecule has 0 spiro atoms. The summed E-state index contributed by atoms with van der Waals surface area (Å²) in [7, 11) is 0. The minimum absolute atomic E-state index is 0.0932. The van der Waals surface area contributed by atoms with Crippen molar-refractivity contribution in [3.63, 3.8) is 0 Å². The Morgan fingerprint density at radius 2 is 2.08 bits per heavy atom. The van der Waals surface area contributed by atoms with Crippen LogP contribution in [0.25, 0.3) is 5.52 Å². The van der Waals surface area contributed by atoms with Gasteiger partial charge in [-0.3, -0.25) is 9.20 Å². The summed E-state index contributed by atoms with van der Waals surface area (Å²) in [6.45, 7) is 1.07. The van der Waals surface area contributed by atoms with E-state index in [0.29, 0.717) is 30.4 Å². The van der Waals surface area contributed by atoms with E-state index in [1.54, 1.807) is 24.4 Å². The monoisotopic (exact) mass is 341 g/mol. The van der Waals surface area contributed by atoms with Gasteiger partial charge in [0.1, 0.15) is 13.2 Å². The number of ether oxygens (including phenoxy) is 2. The number of thioether (sulfide) groups is 1. The molecule has 0 saturated carbocycles. The molecule has 6 nitrogen and oxygen atoms in total. The first-order chi connectivity index (χ1) is 11.8. The Morgan fingerprint density at radius 3 is 3.00 bits per heavy atom. The zero-order valence-electron chi connectivity index (χ0n) is 12.8. The molecule has 0 fully saturated rings. The molecular weight excluding hydrogens is 326 g/mol. The number of fused-ring (bicyclic) bond motifs is 2. The number of hydrogen-bond donors (Lipinski definition) is 1. The molecule has 1 aliphatic rings. The smallest absolute Gasteiger partial charge is 0.234 e. The summed E-state index contributed by atoms with van der Waals surface area (Å²) in [5, 5.41) is 3.66. The van der Waals surface area contributed by atoms with Crippen molar-refractivity contribution in [3.8, 4) is 11.5 Å². The average molecular weight is 341 g/mol. The molecule has 0 saturated heterocycles. The second-order valence-corrected chi connectivity index (χ2v) is 6.17. The molecule has 0 unspecified atom stereocenters. The first kappa shape index (κ1) is 14.9. The van der Waals surface area contributed by atoms with E-state index < -0.39 is 0 Å². The molecule has 0 bridgehead atoms. The summed E-state index contributed by atoms with van der Waals surface area (Å²) >= 11 is 1.40. The topological polar surface area (TPSA) is 64.9 Å². The highest BCUT2D eigenvalue weighted by Gasteiger charge is 2.13. The Hall–Kier alpha value is -2.67. The quantitative estimate of drug-likeness (QED) is 0.739. The van der Waals surface area contributed by atoms with Crippen LogP contribution in [0.15, 0.2) is 53.9 Å². The Bertz CT molecular complexity index is 894. The Morgan fingerprint density at radius 1 is 1.21 bits per heavy atom. The van der Waals surface area contributed by atoms with Crippen LogP contribution in [0.5, 0.6) is 11.5 Å². The predicted molar refractivity (Wildman–Crippen MR) is 92.0 cm³/mol. The third-order valence-electron chi connectivity index (χ3n) is 3.56. The van der Waals surface area contributed by atoms with Crippen LogP contribution in [-0.4, -0.2) is 34.3 Å². The highest BCUT2D eigenvalue weighted by Crippen LogP contribution is 2.32. The number of benzene rings is 1. The summed E-state index contributed by atoms with van der Waals surface area (Å²) in [5.74, 6) is 1.55. The molecule has 1 amide bonds. The molecule has 7 heteroatoms. The lowest BCUT2D eigenvalue weighted by atomic mass is 10.2. The van der Waals surface area contributed by atoms with Crippen molar-refractivity contribution in [1.29, 1.82) is 0 Å². The summed E-state index contributed by atoms with van der Waals surface area (Å²) in [6.07, 6.45) is 3.73. The van der Waals surface area contributed by atoms with E-state index in [2.05, 4.69) is 10.3 Å². The van der Waals surface area contributed by atoms with Crippen molar-refractivity contribution >= 4 is 28.9 Å². The third kappa shape index (κ3) is 3.03. The second-order valence-electron chi connectivity index (χ2n) is 5.23. The second kappa shape index (κ2) is 6.45. The van der Waals surface area contributed by atoms with Gasteiger partial charge in [0.05, 0.1) is 17.5 Å². The number of amides is 1. The van der Waals surface area contributed by atoms with Gasteiger partial charge in [-0.2, -0.15) is 0 Å². The third-order valence-corrected chi connectivity index (χ3v) is 4.53. The minimum atomic E-state index is -0.0932. The van der Waals surface area contributed by atoms with Crippen molar-refractivity contribution in [1.82, 2.24) is 9.38 Å². The van der Waals surface area contributed by atoms with Gasteiger partial charge in [0.25, 0.3) is 0 Å². The molecule has 24 heavy (non-hydrogen) atoms. The number of hydrogen-bond acceptors (Lipinski definition) is 5. The molecule has 3 aromatic rings. The van der Waals surface area contributed by atoms with Gasteiger partial charge in [-0.1, -0.05) is 17.8 Å². The van der Waals surface area contributed by atoms with Crippen LogP contribution in [0, 0.1) is 0 Å². The molecule has 122 valence electrons. The fourth-order valence-electron chi connectivity index (χ4n) is 2.47. The number of pyridine rings is 1. The fourth-order valence-corrected chi connectivity index (χ4v) is 3.24. The highest BCUT2D eigenvalue weighted by molar-refractivity contribution is 7.99. The zero-order valence-corrected chi connectivity index (χ0v) is 13.6. The number of carbonyl (C=O) groups is 1. The molecule has 0 aliphatic carbocycles. The number of imidazole rings is 1. The Labute approximate surface area is 142 Å². The molecule has 1 aromatic carbocycles. The molecule has 0 radical (unpaired) electrons. The summed E-state index contributed by atoms with van der Waals surface area (Å²) < 4.78 is 12.9. The number of anilines is 1. The first-order valence-electron chi connectivity index (χ1n) is 7.54. The van der Waals surface area contributed by atoms with E-state index >= 15 is 0 Å². The van der Waals surface area contributed by atoms with E-state index in [-0.39, 0.29) is 11.7 Å². The summed E-state index contributed by atoms with van der Waals surface area (Å²) in [4.78, 5) is 16.5. The van der Waals surface area contributed by atoms with E-state index in [9.17, 15) is 4.79 Å². The van der Waals surface area contributed by atoms with Crippen LogP contribution in [0.4, 0.5) is 5.69 Å². The van der Waals surface area contributed by atoms with Gasteiger partial charge in [-0.05, 0) is 24.3 Å². The van der Waals surface area contributed by atoms with Crippen molar-refractivity contribution in [2.75, 3.05) is 24.3 Å². The van der Waals surface area contributed by atoms with Crippen LogP contribution in [-0.2, 0) is 4.79 Å². The fraction of sp³-hybridized carbons (Fsp3) is 0.176. The van der Waals surface area contributed by atoms with Crippen LogP contribution in [0.1, 0.15) is 0 Å². The van der Waals surface area contributed by atoms with Crippen molar-refractivity contribution in [3.05, 3.63) is 48.8 Å². The molecule has 4 rings (SSSR count). The minimum Gasteiger partial charge on any atom is -0.486 e. The molecule has 1 N–H and O–H groups in total. The van der Waals surface area contributed by atoms with E-state index in [1.165, 1.54) is 11.8 Å². The normalized spacial score (nSPS) is 13.0. The van der Waals surface area contributed by atoms with Gasteiger partial charge in [0.2, 0.25) is 5.91 Å². The number of carbonyl (C=O) groups excluding carboxylic acids is 1. The zero-order chi connectivity index (χ0) is 16.4. The lowest BCUT2D eigenvalue weighted by Gasteiger charge is -2.18. The number of aromatic nitrogens is 2. The number of nitrogens with zero attached hydrogens (tertiary/aromatic N) is 2. The van der Waals surface area contributed by atoms with Crippen molar-refractivity contribution < 1.29 is 14.3 Å². The number of rotatable bonds is 4. The van der Waals surface area contributed by atoms with Crippen molar-refractivity contribution in [2.24, 2.45) is 0 Å². The van der Waals surface area contributed by atoms with E-state index in [0.717, 1.165) is 10.7 Å². The Balaban J connectivity index is 1.40. The van der Waals surface area contributed by atoms with Gasteiger partial charge in [-0.15, -0.1) is 0 Å². The largest absolute Gasteiger partial charge is 0.486 e. The van der Waals surface area contributed by atoms with E-state index in [4.69, 9.17) is 9.47 Å². The van der Waals surface area contributed by atoms with Gasteiger partial charge >= 0.3 is 0 Å². The van der Waals surface area contributed by atoms with E-state index in [1.807, 2.05) is 28.8 Å². The summed E-state index contributed by atoms with van der Waals surface area (Å²) in [6, 6.07) is 11.3. The van der Waals surface area contributed by atoms with Gasteiger partial charge in [-0.25, -0.2) is 4.98 Å². The lowest BCUT2D eigenvalue weighted by Crippen LogP contribution is -2.17. The van der Waals surface area contributed by atoms with Gasteiger partial charge < -0.3 is 14.8 Å².